The van der Waals surface area contributed by atoms with Crippen LogP contribution in [0.25, 0.3) is 0 Å². The molecule has 0 radical (unpaired) electrons. The monoisotopic (exact) mass is 503 g/mol. The fourth-order valence-electron chi connectivity index (χ4n) is 2.48. The molecule has 0 atom stereocenters. The number of allylic oxidation sites excluding steroid dienone is 4. The van der Waals surface area contributed by atoms with E-state index in [-0.39, 0.29) is 24.8 Å². The summed E-state index contributed by atoms with van der Waals surface area (Å²) in [5, 5.41) is 11.3. The van der Waals surface area contributed by atoms with Crippen molar-refractivity contribution < 1.29 is 49.9 Å². The van der Waals surface area contributed by atoms with Crippen LogP contribution in [0.4, 0.5) is 0 Å². The van der Waals surface area contributed by atoms with E-state index >= 15 is 0 Å². The van der Waals surface area contributed by atoms with Gasteiger partial charge in [0.2, 0.25) is 0 Å². The molecule has 1 aromatic rings. The van der Waals surface area contributed by atoms with Gasteiger partial charge in [0.05, 0.1) is 8.07 Å². The van der Waals surface area contributed by atoms with Crippen molar-refractivity contribution in [3.05, 3.63) is 47.6 Å². The van der Waals surface area contributed by atoms with E-state index in [1.54, 1.807) is 0 Å². The van der Waals surface area contributed by atoms with Gasteiger partial charge in [0.15, 0.2) is 0 Å². The van der Waals surface area contributed by atoms with E-state index in [9.17, 15) is 5.11 Å². The minimum absolute atomic E-state index is 0. The summed E-state index contributed by atoms with van der Waals surface area (Å²) < 4.78 is 1.42. The van der Waals surface area contributed by atoms with E-state index in [1.807, 2.05) is 19.1 Å². The summed E-state index contributed by atoms with van der Waals surface area (Å²) in [5.74, 6) is 0.398. The fourth-order valence-corrected chi connectivity index (χ4v) is 4.44. The second kappa shape index (κ2) is 14.1. The normalized spacial score (nSPS) is 12.9. The van der Waals surface area contributed by atoms with Gasteiger partial charge in [-0.05, 0) is 35.1 Å². The van der Waals surface area contributed by atoms with E-state index in [0.717, 1.165) is 12.0 Å². The molecule has 2 rings (SSSR count). The average Bonchev–Trinajstić information content (AvgIpc) is 2.99. The fraction of sp³-hybridized carbons (Fsp3) is 0.560. The molecule has 30 heavy (non-hydrogen) atoms. The zero-order valence-corrected chi connectivity index (χ0v) is 24.9. The topological polar surface area (TPSA) is 20.2 Å². The number of aromatic hydroxyl groups is 1. The molecule has 171 valence electrons. The Balaban J connectivity index is -0.000000417. The van der Waals surface area contributed by atoms with Gasteiger partial charge in [-0.25, -0.2) is 11.6 Å². The van der Waals surface area contributed by atoms with Crippen LogP contribution in [0.1, 0.15) is 67.4 Å². The molecule has 0 unspecified atom stereocenters. The number of rotatable bonds is 1. The van der Waals surface area contributed by atoms with Crippen molar-refractivity contribution in [2.75, 3.05) is 0 Å². The maximum atomic E-state index is 9.65. The molecule has 0 aliphatic heterocycles. The van der Waals surface area contributed by atoms with Crippen LogP contribution in [-0.2, 0) is 20.0 Å². The smallest absolute Gasteiger partial charge is 0.115 e. The van der Waals surface area contributed by atoms with Gasteiger partial charge in [-0.15, -0.1) is 6.42 Å². The van der Waals surface area contributed by atoms with Gasteiger partial charge < -0.3 is 29.9 Å². The first-order valence-corrected chi connectivity index (χ1v) is 13.9. The van der Waals surface area contributed by atoms with Gasteiger partial charge in [-0.1, -0.05) is 65.9 Å². The minimum atomic E-state index is -1.50. The van der Waals surface area contributed by atoms with Crippen LogP contribution in [0.3, 0.4) is 0 Å². The molecule has 0 saturated heterocycles. The molecule has 1 aromatic carbocycles. The van der Waals surface area contributed by atoms with Crippen LogP contribution in [0.2, 0.25) is 18.1 Å². The average molecular weight is 504 g/mol. The first kappa shape index (κ1) is 34.5. The van der Waals surface area contributed by atoms with Gasteiger partial charge in [-0.2, -0.15) is 6.08 Å². The van der Waals surface area contributed by atoms with Gasteiger partial charge in [0.25, 0.3) is 0 Å². The number of phenols is 1. The maximum absolute atomic E-state index is 9.65. The summed E-state index contributed by atoms with van der Waals surface area (Å²) >= 11 is 2.08. The predicted octanol–water partition coefficient (Wildman–Crippen LogP) is 0.892. The summed E-state index contributed by atoms with van der Waals surface area (Å²) in [6, 6.07) is 5.97. The largest absolute Gasteiger partial charge is 1.00 e. The third-order valence-electron chi connectivity index (χ3n) is 5.16. The van der Waals surface area contributed by atoms with Crippen LogP contribution < -0.4 is 30.0 Å². The molecule has 1 aliphatic carbocycles. The van der Waals surface area contributed by atoms with Crippen molar-refractivity contribution in [3.63, 3.8) is 0 Å². The first-order chi connectivity index (χ1) is 12.5. The van der Waals surface area contributed by atoms with E-state index in [4.69, 9.17) is 0 Å². The molecule has 0 bridgehead atoms. The number of hydrogen-bond acceptors (Lipinski definition) is 1. The van der Waals surface area contributed by atoms with Crippen molar-refractivity contribution in [3.8, 4) is 5.75 Å². The van der Waals surface area contributed by atoms with Gasteiger partial charge >= 0.3 is 37.6 Å². The van der Waals surface area contributed by atoms with Crippen LogP contribution in [0, 0.1) is 18.4 Å². The van der Waals surface area contributed by atoms with Crippen molar-refractivity contribution in [1.29, 1.82) is 0 Å². The van der Waals surface area contributed by atoms with Crippen LogP contribution >= 0.6 is 0 Å². The Labute approximate surface area is 211 Å². The Morgan fingerprint density at radius 3 is 1.73 bits per heavy atom. The van der Waals surface area contributed by atoms with Gasteiger partial charge in [0, 0.05) is 0 Å². The molecule has 1 nitrogen and oxygen atoms in total. The first-order valence-electron chi connectivity index (χ1n) is 10.1. The Kier molecular flexibility index (Phi) is 16.2. The molecule has 5 heteroatoms. The van der Waals surface area contributed by atoms with E-state index in [2.05, 4.69) is 113 Å². The number of aryl methyl sites for hydroxylation is 1. The molecule has 0 fully saturated rings. The van der Waals surface area contributed by atoms with Crippen molar-refractivity contribution in [1.82, 2.24) is 0 Å². The van der Waals surface area contributed by atoms with E-state index in [0.29, 0.717) is 16.2 Å². The van der Waals surface area contributed by atoms with Crippen LogP contribution in [0.15, 0.2) is 35.9 Å². The molecule has 0 spiro atoms. The SMILES string of the molecule is CC(C)(C)C1=[C-]CC=C1.C[C](C)=[Ti+].Cc1cc(O)cc([Si](C)(C)C(C)(C)C)c1.[Cl-].[Cl-]. The number of benzene rings is 1. The molecule has 1 N–H and O–H groups in total. The minimum Gasteiger partial charge on any atom is -1.00 e. The van der Waals surface area contributed by atoms with E-state index < -0.39 is 8.07 Å². The molecular weight excluding hydrogens is 463 g/mol. The second-order valence-electron chi connectivity index (χ2n) is 10.4. The van der Waals surface area contributed by atoms with Crippen molar-refractivity contribution in [2.45, 2.75) is 86.9 Å². The number of hydrogen-bond donors (Lipinski definition) is 1. The third kappa shape index (κ3) is 12.7. The molecular formula is C25H41Cl2OSiTi-2. The number of phenolic OH excluding ortho intramolecular Hbond substituents is 1. The maximum Gasteiger partial charge on any atom is 0.115 e. The molecule has 0 heterocycles. The Morgan fingerprint density at radius 2 is 1.47 bits per heavy atom. The predicted molar refractivity (Wildman–Crippen MR) is 126 cm³/mol. The molecule has 0 amide bonds. The second-order valence-corrected chi connectivity index (χ2v) is 17.3. The summed E-state index contributed by atoms with van der Waals surface area (Å²) in [4.78, 5) is 0. The summed E-state index contributed by atoms with van der Waals surface area (Å²) in [6.45, 7) is 24.4. The summed E-state index contributed by atoms with van der Waals surface area (Å²) in [6.07, 6.45) is 8.63. The van der Waals surface area contributed by atoms with Gasteiger partial charge in [0.1, 0.15) is 5.75 Å². The van der Waals surface area contributed by atoms with Gasteiger partial charge in [-0.3, -0.25) is 6.08 Å². The Morgan fingerprint density at radius 1 is 1.00 bits per heavy atom. The summed E-state index contributed by atoms with van der Waals surface area (Å²) in [5.41, 5.74) is 2.80. The van der Waals surface area contributed by atoms with E-state index in [1.165, 1.54) is 14.6 Å². The zero-order valence-electron chi connectivity index (χ0n) is 20.8. The Bertz CT molecular complexity index is 699. The molecule has 1 aliphatic rings. The number of halogens is 2. The quantitative estimate of drug-likeness (QED) is 0.445. The van der Waals surface area contributed by atoms with Crippen molar-refractivity contribution >= 4 is 17.1 Å². The third-order valence-corrected chi connectivity index (χ3v) is 10.6. The summed E-state index contributed by atoms with van der Waals surface area (Å²) in [7, 11) is -1.50. The zero-order chi connectivity index (χ0) is 22.3. The van der Waals surface area contributed by atoms with Crippen LogP contribution in [0.5, 0.6) is 5.75 Å². The van der Waals surface area contributed by atoms with Crippen LogP contribution in [-0.4, -0.2) is 17.0 Å². The van der Waals surface area contributed by atoms with Crippen molar-refractivity contribution in [2.24, 2.45) is 5.41 Å². The standard InChI is InChI=1S/C13H22OSi.C9H13.C3H6.2ClH.Ti/c1-10-7-11(14)9-12(8-10)15(5,6)13(2,3)4;1-9(2,3)8-6-4-5-7-8;1-3-2;;;/h7-9,14H,1-6H3;4,6H,5H2,1-3H3;1-2H3;2*1H;/q;-1;;;;+1/p-2. The molecule has 0 aromatic heterocycles. The molecule has 0 saturated carbocycles. The Hall–Kier alpha value is -0.119.